The van der Waals surface area contributed by atoms with Gasteiger partial charge < -0.3 is 14.3 Å². The molecule has 148 valence electrons. The fourth-order valence-electron chi connectivity index (χ4n) is 4.01. The van der Waals surface area contributed by atoms with Crippen molar-refractivity contribution in [3.63, 3.8) is 0 Å². The molecule has 2 aromatic heterocycles. The molecule has 2 aliphatic rings. The summed E-state index contributed by atoms with van der Waals surface area (Å²) in [4.78, 5) is 14.0. The first kappa shape index (κ1) is 18.7. The minimum absolute atomic E-state index is 0.313. The summed E-state index contributed by atoms with van der Waals surface area (Å²) in [5, 5.41) is 6.76. The van der Waals surface area contributed by atoms with Gasteiger partial charge in [-0.1, -0.05) is 19.0 Å². The number of piperidine rings is 2. The summed E-state index contributed by atoms with van der Waals surface area (Å²) in [6.45, 7) is 8.62. The van der Waals surface area contributed by atoms with Crippen LogP contribution < -0.4 is 9.80 Å². The maximum absolute atomic E-state index is 5.44. The second kappa shape index (κ2) is 8.59. The fraction of sp³-hybridized carbons (Fsp3) is 0.750. The molecule has 0 amide bonds. The molecule has 0 bridgehead atoms. The van der Waals surface area contributed by atoms with Crippen molar-refractivity contribution in [3.05, 3.63) is 17.0 Å². The Labute approximate surface area is 166 Å². The van der Waals surface area contributed by atoms with Gasteiger partial charge in [0.15, 0.2) is 5.82 Å². The molecule has 2 fully saturated rings. The Morgan fingerprint density at radius 3 is 2.59 bits per heavy atom. The van der Waals surface area contributed by atoms with E-state index < -0.39 is 0 Å². The quantitative estimate of drug-likeness (QED) is 0.725. The lowest BCUT2D eigenvalue weighted by Gasteiger charge is -2.30. The fourth-order valence-corrected chi connectivity index (χ4v) is 4.99. The average molecular weight is 390 g/mol. The largest absolute Gasteiger partial charge is 0.362 e. The van der Waals surface area contributed by atoms with Crippen LogP contribution in [-0.2, 0) is 6.42 Å². The third-order valence-corrected chi connectivity index (χ3v) is 6.93. The second-order valence-corrected chi connectivity index (χ2v) is 9.29. The van der Waals surface area contributed by atoms with Crippen LogP contribution in [0.4, 0.5) is 11.0 Å². The van der Waals surface area contributed by atoms with Crippen LogP contribution >= 0.6 is 11.3 Å². The summed E-state index contributed by atoms with van der Waals surface area (Å²) in [7, 11) is 0. The zero-order valence-corrected chi connectivity index (χ0v) is 17.4. The van der Waals surface area contributed by atoms with E-state index in [2.05, 4.69) is 40.0 Å². The van der Waals surface area contributed by atoms with Crippen molar-refractivity contribution in [2.45, 2.75) is 64.7 Å². The van der Waals surface area contributed by atoms with E-state index >= 15 is 0 Å². The molecular weight excluding hydrogens is 358 g/mol. The van der Waals surface area contributed by atoms with Gasteiger partial charge in [-0.3, -0.25) is 0 Å². The lowest BCUT2D eigenvalue weighted by Crippen LogP contribution is -2.34. The van der Waals surface area contributed by atoms with Gasteiger partial charge in [0.1, 0.15) is 5.00 Å². The number of nitrogens with zero attached hydrogens (tertiary/aromatic N) is 5. The summed E-state index contributed by atoms with van der Waals surface area (Å²) in [5.74, 6) is 1.89. The highest BCUT2D eigenvalue weighted by molar-refractivity contribution is 7.15. The highest BCUT2D eigenvalue weighted by atomic mass is 32.1. The monoisotopic (exact) mass is 389 g/mol. The van der Waals surface area contributed by atoms with Gasteiger partial charge in [0.25, 0.3) is 0 Å². The van der Waals surface area contributed by atoms with E-state index in [1.807, 2.05) is 11.3 Å². The Kier molecular flexibility index (Phi) is 5.95. The molecule has 0 aliphatic carbocycles. The molecule has 0 atom stereocenters. The maximum Gasteiger partial charge on any atom is 0.324 e. The van der Waals surface area contributed by atoms with Crippen LogP contribution in [0.2, 0.25) is 0 Å². The standard InChI is InChI=1S/C20H31N5OS/c1-15(2)19-22-20(26-23-19)25-12-8-16(9-13-25)6-7-17-21-14-18(27-17)24-10-4-3-5-11-24/h14-16H,3-13H2,1-2H3. The Hall–Kier alpha value is -1.63. The number of aryl methyl sites for hydroxylation is 1. The molecule has 6 nitrogen and oxygen atoms in total. The van der Waals surface area contributed by atoms with Crippen molar-refractivity contribution in [2.24, 2.45) is 5.92 Å². The number of anilines is 2. The summed E-state index contributed by atoms with van der Waals surface area (Å²) in [5.41, 5.74) is 0. The van der Waals surface area contributed by atoms with Gasteiger partial charge in [0, 0.05) is 32.1 Å². The highest BCUT2D eigenvalue weighted by Crippen LogP contribution is 2.30. The molecule has 4 heterocycles. The zero-order valence-electron chi connectivity index (χ0n) is 16.6. The topological polar surface area (TPSA) is 58.3 Å². The van der Waals surface area contributed by atoms with Crippen LogP contribution in [0.1, 0.15) is 69.1 Å². The van der Waals surface area contributed by atoms with Gasteiger partial charge in [-0.2, -0.15) is 4.98 Å². The molecule has 2 aliphatic heterocycles. The molecule has 4 rings (SSSR count). The van der Waals surface area contributed by atoms with Crippen molar-refractivity contribution in [3.8, 4) is 0 Å². The predicted octanol–water partition coefficient (Wildman–Crippen LogP) is 4.49. The van der Waals surface area contributed by atoms with Gasteiger partial charge in [0.2, 0.25) is 0 Å². The van der Waals surface area contributed by atoms with E-state index in [-0.39, 0.29) is 0 Å². The van der Waals surface area contributed by atoms with E-state index in [4.69, 9.17) is 9.51 Å². The van der Waals surface area contributed by atoms with Gasteiger partial charge in [0.05, 0.1) is 11.2 Å². The Morgan fingerprint density at radius 2 is 1.89 bits per heavy atom. The van der Waals surface area contributed by atoms with Gasteiger partial charge >= 0.3 is 6.01 Å². The summed E-state index contributed by atoms with van der Waals surface area (Å²) >= 11 is 1.90. The number of thiazole rings is 1. The van der Waals surface area contributed by atoms with Crippen LogP contribution in [0, 0.1) is 5.92 Å². The number of aromatic nitrogens is 3. The van der Waals surface area contributed by atoms with Gasteiger partial charge in [-0.15, -0.1) is 11.3 Å². The Balaban J connectivity index is 1.23. The van der Waals surface area contributed by atoms with E-state index in [1.165, 1.54) is 61.6 Å². The zero-order chi connectivity index (χ0) is 18.6. The minimum Gasteiger partial charge on any atom is -0.362 e. The molecule has 0 spiro atoms. The normalized spacial score (nSPS) is 19.2. The van der Waals surface area contributed by atoms with E-state index in [0.29, 0.717) is 11.9 Å². The molecule has 0 aromatic carbocycles. The van der Waals surface area contributed by atoms with Crippen LogP contribution in [0.15, 0.2) is 10.7 Å². The smallest absolute Gasteiger partial charge is 0.324 e. The third-order valence-electron chi connectivity index (χ3n) is 5.81. The molecule has 2 saturated heterocycles. The summed E-state index contributed by atoms with van der Waals surface area (Å²) < 4.78 is 5.44. The molecule has 7 heteroatoms. The van der Waals surface area contributed by atoms with Crippen molar-refractivity contribution in [2.75, 3.05) is 36.0 Å². The molecule has 0 unspecified atom stereocenters. The number of rotatable bonds is 6. The van der Waals surface area contributed by atoms with Crippen LogP contribution in [0.25, 0.3) is 0 Å². The van der Waals surface area contributed by atoms with Crippen molar-refractivity contribution in [1.82, 2.24) is 15.1 Å². The SMILES string of the molecule is CC(C)c1noc(N2CCC(CCc3ncc(N4CCCCC4)s3)CC2)n1. The van der Waals surface area contributed by atoms with Gasteiger partial charge in [-0.05, 0) is 50.9 Å². The van der Waals surface area contributed by atoms with Crippen molar-refractivity contribution >= 4 is 22.4 Å². The third kappa shape index (κ3) is 4.62. The number of hydrogen-bond acceptors (Lipinski definition) is 7. The minimum atomic E-state index is 0.313. The van der Waals surface area contributed by atoms with E-state index in [0.717, 1.165) is 31.3 Å². The van der Waals surface area contributed by atoms with E-state index in [9.17, 15) is 0 Å². The molecule has 0 radical (unpaired) electrons. The summed E-state index contributed by atoms with van der Waals surface area (Å²) in [6.07, 6.45) is 10.9. The Bertz CT molecular complexity index is 714. The van der Waals surface area contributed by atoms with Crippen LogP contribution in [-0.4, -0.2) is 41.3 Å². The second-order valence-electron chi connectivity index (χ2n) is 8.20. The van der Waals surface area contributed by atoms with E-state index in [1.54, 1.807) is 0 Å². The van der Waals surface area contributed by atoms with Crippen molar-refractivity contribution < 1.29 is 4.52 Å². The molecule has 0 saturated carbocycles. The van der Waals surface area contributed by atoms with Crippen LogP contribution in [0.3, 0.4) is 0 Å². The lowest BCUT2D eigenvalue weighted by molar-refractivity contribution is 0.349. The van der Waals surface area contributed by atoms with Crippen LogP contribution in [0.5, 0.6) is 0 Å². The first-order valence-corrected chi connectivity index (χ1v) is 11.3. The molecular formula is C20H31N5OS. The first-order chi connectivity index (χ1) is 13.2. The maximum atomic E-state index is 5.44. The first-order valence-electron chi connectivity index (χ1n) is 10.5. The summed E-state index contributed by atoms with van der Waals surface area (Å²) in [6, 6.07) is 0.697. The van der Waals surface area contributed by atoms with Crippen molar-refractivity contribution in [1.29, 1.82) is 0 Å². The van der Waals surface area contributed by atoms with Gasteiger partial charge in [-0.25, -0.2) is 4.98 Å². The molecule has 27 heavy (non-hydrogen) atoms. The predicted molar refractivity (Wildman–Crippen MR) is 110 cm³/mol. The lowest BCUT2D eigenvalue weighted by atomic mass is 9.92. The highest BCUT2D eigenvalue weighted by Gasteiger charge is 2.24. The molecule has 2 aromatic rings. The number of hydrogen-bond donors (Lipinski definition) is 0. The Morgan fingerprint density at radius 1 is 1.11 bits per heavy atom. The average Bonchev–Trinajstić information content (AvgIpc) is 3.37. The molecule has 0 N–H and O–H groups in total.